The van der Waals surface area contributed by atoms with Gasteiger partial charge in [0.25, 0.3) is 0 Å². The molecule has 7 heteroatoms. The molecule has 4 rings (SSSR count). The summed E-state index contributed by atoms with van der Waals surface area (Å²) in [6.07, 6.45) is 8.74. The molecule has 1 atom stereocenters. The molecule has 1 fully saturated rings. The summed E-state index contributed by atoms with van der Waals surface area (Å²) in [5.74, 6) is 1.22. The molecule has 0 N–H and O–H groups in total. The van der Waals surface area contributed by atoms with Crippen LogP contribution in [0.25, 0.3) is 0 Å². The molecule has 1 saturated heterocycles. The van der Waals surface area contributed by atoms with Crippen molar-refractivity contribution in [3.8, 4) is 12.1 Å². The molecule has 1 aliphatic heterocycles. The molecule has 0 spiro atoms. The topological polar surface area (TPSA) is 74.9 Å². The van der Waals surface area contributed by atoms with Gasteiger partial charge in [-0.2, -0.15) is 5.26 Å². The first-order chi connectivity index (χ1) is 12.7. The summed E-state index contributed by atoms with van der Waals surface area (Å²) in [5, 5.41) is 9.56. The standard InChI is InChI=1S/C19H20BrN5O/c20-16-9-22-19(23-10-16)26-12-13-3-2-6-25(11-13)18-15(8-21)7-14-4-1-5-17(14)24-18/h7,9-10,13H,1-6,11-12H2. The summed E-state index contributed by atoms with van der Waals surface area (Å²) in [6.45, 7) is 2.35. The molecule has 1 unspecified atom stereocenters. The Morgan fingerprint density at radius 3 is 2.92 bits per heavy atom. The highest BCUT2D eigenvalue weighted by Crippen LogP contribution is 2.30. The predicted octanol–water partition coefficient (Wildman–Crippen LogP) is 3.29. The minimum atomic E-state index is 0.373. The minimum absolute atomic E-state index is 0.373. The maximum absolute atomic E-state index is 9.56. The van der Waals surface area contributed by atoms with Crippen molar-refractivity contribution in [2.24, 2.45) is 5.92 Å². The number of hydrogen-bond acceptors (Lipinski definition) is 6. The Morgan fingerprint density at radius 2 is 2.12 bits per heavy atom. The lowest BCUT2D eigenvalue weighted by Crippen LogP contribution is -2.38. The molecule has 2 aromatic rings. The molecule has 0 amide bonds. The molecule has 2 aromatic heterocycles. The van der Waals surface area contributed by atoms with Gasteiger partial charge in [-0.1, -0.05) is 0 Å². The zero-order chi connectivity index (χ0) is 17.9. The van der Waals surface area contributed by atoms with Crippen LogP contribution >= 0.6 is 15.9 Å². The van der Waals surface area contributed by atoms with Crippen molar-refractivity contribution >= 4 is 21.7 Å². The van der Waals surface area contributed by atoms with Crippen LogP contribution in [0.15, 0.2) is 22.9 Å². The summed E-state index contributed by atoms with van der Waals surface area (Å²) in [7, 11) is 0. The molecule has 0 aromatic carbocycles. The quantitative estimate of drug-likeness (QED) is 0.765. The van der Waals surface area contributed by atoms with Crippen LogP contribution < -0.4 is 9.64 Å². The SMILES string of the molecule is N#Cc1cc2c(nc1N1CCCC(COc3ncc(Br)cn3)C1)CCC2. The van der Waals surface area contributed by atoms with Gasteiger partial charge in [-0.25, -0.2) is 15.0 Å². The molecule has 3 heterocycles. The van der Waals surface area contributed by atoms with Gasteiger partial charge in [-0.15, -0.1) is 0 Å². The maximum Gasteiger partial charge on any atom is 0.316 e. The molecular weight excluding hydrogens is 394 g/mol. The van der Waals surface area contributed by atoms with Gasteiger partial charge in [0, 0.05) is 37.1 Å². The first-order valence-corrected chi connectivity index (χ1v) is 9.80. The van der Waals surface area contributed by atoms with Crippen molar-refractivity contribution in [2.45, 2.75) is 32.1 Å². The number of nitrogens with zero attached hydrogens (tertiary/aromatic N) is 5. The number of fused-ring (bicyclic) bond motifs is 1. The van der Waals surface area contributed by atoms with Crippen molar-refractivity contribution < 1.29 is 4.74 Å². The average Bonchev–Trinajstić information content (AvgIpc) is 3.14. The van der Waals surface area contributed by atoms with E-state index in [0.717, 1.165) is 55.5 Å². The number of anilines is 1. The van der Waals surface area contributed by atoms with E-state index in [1.54, 1.807) is 12.4 Å². The number of aromatic nitrogens is 3. The highest BCUT2D eigenvalue weighted by atomic mass is 79.9. The monoisotopic (exact) mass is 413 g/mol. The van der Waals surface area contributed by atoms with Gasteiger partial charge in [-0.3, -0.25) is 0 Å². The van der Waals surface area contributed by atoms with Crippen molar-refractivity contribution in [2.75, 3.05) is 24.6 Å². The average molecular weight is 414 g/mol. The number of piperidine rings is 1. The molecular formula is C19H20BrN5O. The zero-order valence-electron chi connectivity index (χ0n) is 14.5. The van der Waals surface area contributed by atoms with Gasteiger partial charge in [0.2, 0.25) is 0 Å². The van der Waals surface area contributed by atoms with Crippen LogP contribution in [0.4, 0.5) is 5.82 Å². The molecule has 0 radical (unpaired) electrons. The summed E-state index contributed by atoms with van der Waals surface area (Å²) in [6, 6.07) is 4.78. The third-order valence-corrected chi connectivity index (χ3v) is 5.42. The van der Waals surface area contributed by atoms with Gasteiger partial charge in [0.15, 0.2) is 0 Å². The first kappa shape index (κ1) is 17.2. The fourth-order valence-corrected chi connectivity index (χ4v) is 3.95. The van der Waals surface area contributed by atoms with Crippen LogP contribution in [0.2, 0.25) is 0 Å². The Kier molecular flexibility index (Phi) is 5.02. The van der Waals surface area contributed by atoms with E-state index in [4.69, 9.17) is 9.72 Å². The second kappa shape index (κ2) is 7.58. The second-order valence-corrected chi connectivity index (χ2v) is 7.80. The number of rotatable bonds is 4. The zero-order valence-corrected chi connectivity index (χ0v) is 16.1. The van der Waals surface area contributed by atoms with Crippen LogP contribution in [-0.2, 0) is 12.8 Å². The number of nitriles is 1. The third-order valence-electron chi connectivity index (χ3n) is 5.01. The van der Waals surface area contributed by atoms with Gasteiger partial charge in [0.1, 0.15) is 11.9 Å². The lowest BCUT2D eigenvalue weighted by Gasteiger charge is -2.34. The van der Waals surface area contributed by atoms with Crippen LogP contribution in [0.5, 0.6) is 6.01 Å². The number of halogens is 1. The van der Waals surface area contributed by atoms with Crippen molar-refractivity contribution in [1.29, 1.82) is 5.26 Å². The molecule has 0 bridgehead atoms. The molecule has 6 nitrogen and oxygen atoms in total. The largest absolute Gasteiger partial charge is 0.463 e. The highest BCUT2D eigenvalue weighted by molar-refractivity contribution is 9.10. The number of hydrogen-bond donors (Lipinski definition) is 0. The lowest BCUT2D eigenvalue weighted by molar-refractivity contribution is 0.213. The van der Waals surface area contributed by atoms with E-state index in [1.165, 1.54) is 11.3 Å². The van der Waals surface area contributed by atoms with Gasteiger partial charge in [0.05, 0.1) is 16.6 Å². The number of ether oxygens (including phenoxy) is 1. The van der Waals surface area contributed by atoms with Crippen molar-refractivity contribution in [1.82, 2.24) is 15.0 Å². The minimum Gasteiger partial charge on any atom is -0.463 e. The Hall–Kier alpha value is -2.20. The van der Waals surface area contributed by atoms with Crippen molar-refractivity contribution in [3.63, 3.8) is 0 Å². The summed E-state index contributed by atoms with van der Waals surface area (Å²) in [4.78, 5) is 15.4. The van der Waals surface area contributed by atoms with E-state index in [1.807, 2.05) is 6.07 Å². The molecule has 2 aliphatic rings. The number of aryl methyl sites for hydroxylation is 2. The van der Waals surface area contributed by atoms with Gasteiger partial charge in [-0.05, 0) is 59.7 Å². The number of pyridine rings is 1. The Balaban J connectivity index is 1.45. The molecule has 26 heavy (non-hydrogen) atoms. The third kappa shape index (κ3) is 3.65. The fourth-order valence-electron chi connectivity index (χ4n) is 3.75. The van der Waals surface area contributed by atoms with Gasteiger partial charge < -0.3 is 9.64 Å². The smallest absolute Gasteiger partial charge is 0.316 e. The van der Waals surface area contributed by atoms with E-state index in [9.17, 15) is 5.26 Å². The van der Waals surface area contributed by atoms with Crippen LogP contribution in [0.3, 0.4) is 0 Å². The van der Waals surface area contributed by atoms with Crippen LogP contribution in [-0.4, -0.2) is 34.6 Å². The fraction of sp³-hybridized carbons (Fsp3) is 0.474. The van der Waals surface area contributed by atoms with Gasteiger partial charge >= 0.3 is 6.01 Å². The van der Waals surface area contributed by atoms with E-state index in [2.05, 4.69) is 36.9 Å². The lowest BCUT2D eigenvalue weighted by atomic mass is 9.98. The van der Waals surface area contributed by atoms with E-state index in [-0.39, 0.29) is 0 Å². The Morgan fingerprint density at radius 1 is 1.27 bits per heavy atom. The summed E-state index contributed by atoms with van der Waals surface area (Å²) in [5.41, 5.74) is 3.11. The van der Waals surface area contributed by atoms with Crippen LogP contribution in [0.1, 0.15) is 36.1 Å². The second-order valence-electron chi connectivity index (χ2n) is 6.88. The normalized spacial score (nSPS) is 19.1. The predicted molar refractivity (Wildman–Crippen MR) is 101 cm³/mol. The Bertz CT molecular complexity index is 833. The highest BCUT2D eigenvalue weighted by Gasteiger charge is 2.25. The maximum atomic E-state index is 9.56. The molecule has 1 aliphatic carbocycles. The summed E-state index contributed by atoms with van der Waals surface area (Å²) >= 11 is 3.32. The molecule has 134 valence electrons. The van der Waals surface area contributed by atoms with Crippen molar-refractivity contribution in [3.05, 3.63) is 39.8 Å². The first-order valence-electron chi connectivity index (χ1n) is 9.01. The summed E-state index contributed by atoms with van der Waals surface area (Å²) < 4.78 is 6.59. The van der Waals surface area contributed by atoms with Crippen LogP contribution in [0, 0.1) is 17.2 Å². The van der Waals surface area contributed by atoms with E-state index < -0.39 is 0 Å². The van der Waals surface area contributed by atoms with E-state index >= 15 is 0 Å². The molecule has 0 saturated carbocycles. The van der Waals surface area contributed by atoms with E-state index in [0.29, 0.717) is 24.1 Å². The Labute approximate surface area is 161 Å².